The van der Waals surface area contributed by atoms with Crippen LogP contribution in [0.3, 0.4) is 0 Å². The second-order valence-electron chi connectivity index (χ2n) is 6.85. The molecule has 0 bridgehead atoms. The van der Waals surface area contributed by atoms with Gasteiger partial charge in [0.1, 0.15) is 11.5 Å². The summed E-state index contributed by atoms with van der Waals surface area (Å²) in [6.45, 7) is 10.1. The summed E-state index contributed by atoms with van der Waals surface area (Å²) < 4.78 is 18.0. The van der Waals surface area contributed by atoms with Gasteiger partial charge in [0, 0.05) is 6.20 Å². The van der Waals surface area contributed by atoms with Crippen LogP contribution in [-0.4, -0.2) is 23.3 Å². The first kappa shape index (κ1) is 16.0. The monoisotopic (exact) mass is 311 g/mol. The van der Waals surface area contributed by atoms with Gasteiger partial charge < -0.3 is 14.0 Å². The van der Waals surface area contributed by atoms with Gasteiger partial charge in [0.25, 0.3) is 0 Å². The van der Waals surface area contributed by atoms with Crippen LogP contribution in [0.4, 0.5) is 0 Å². The highest BCUT2D eigenvalue weighted by Gasteiger charge is 2.51. The molecule has 0 radical (unpaired) electrons. The number of pyridine rings is 1. The predicted octanol–water partition coefficient (Wildman–Crippen LogP) is 3.48. The Hall–Kier alpha value is -1.85. The van der Waals surface area contributed by atoms with Crippen molar-refractivity contribution in [2.75, 3.05) is 0 Å². The van der Waals surface area contributed by atoms with Crippen LogP contribution in [0.5, 0.6) is 11.5 Å². The average molecular weight is 311 g/mol. The number of hydrogen-bond acceptors (Lipinski definition) is 4. The minimum absolute atomic E-state index is 0.334. The Bertz CT molecular complexity index is 682. The summed E-state index contributed by atoms with van der Waals surface area (Å²) in [6, 6.07) is 11.6. The van der Waals surface area contributed by atoms with E-state index in [0.717, 1.165) is 22.7 Å². The van der Waals surface area contributed by atoms with Gasteiger partial charge in [-0.25, -0.2) is 0 Å². The van der Waals surface area contributed by atoms with Crippen LogP contribution in [0, 0.1) is 6.92 Å². The smallest absolute Gasteiger partial charge is 0.455 e. The van der Waals surface area contributed by atoms with Crippen LogP contribution in [0.2, 0.25) is 0 Å². The molecule has 1 aliphatic heterocycles. The second kappa shape index (κ2) is 5.66. The number of aryl methyl sites for hydroxylation is 1. The molecule has 5 heteroatoms. The van der Waals surface area contributed by atoms with E-state index in [1.807, 2.05) is 43.3 Å². The van der Waals surface area contributed by atoms with Crippen LogP contribution in [0.1, 0.15) is 33.4 Å². The van der Waals surface area contributed by atoms with E-state index in [-0.39, 0.29) is 18.3 Å². The molecule has 1 saturated heterocycles. The van der Waals surface area contributed by atoms with Gasteiger partial charge in [-0.15, -0.1) is 0 Å². The van der Waals surface area contributed by atoms with Crippen LogP contribution in [-0.2, 0) is 9.31 Å². The summed E-state index contributed by atoms with van der Waals surface area (Å²) >= 11 is 0. The van der Waals surface area contributed by atoms with Gasteiger partial charge in [-0.05, 0) is 64.3 Å². The van der Waals surface area contributed by atoms with E-state index in [1.54, 1.807) is 6.20 Å². The van der Waals surface area contributed by atoms with Gasteiger partial charge in [0.15, 0.2) is 0 Å². The van der Waals surface area contributed by atoms with Crippen molar-refractivity contribution < 1.29 is 14.0 Å². The first-order valence-corrected chi connectivity index (χ1v) is 7.84. The van der Waals surface area contributed by atoms with Crippen molar-refractivity contribution in [2.45, 2.75) is 45.8 Å². The first-order valence-electron chi connectivity index (χ1n) is 7.84. The molecule has 0 amide bonds. The van der Waals surface area contributed by atoms with Crippen molar-refractivity contribution in [2.24, 2.45) is 0 Å². The molecule has 0 aliphatic carbocycles. The zero-order valence-corrected chi connectivity index (χ0v) is 14.3. The molecule has 0 spiro atoms. The van der Waals surface area contributed by atoms with Crippen molar-refractivity contribution in [3.63, 3.8) is 0 Å². The van der Waals surface area contributed by atoms with E-state index < -0.39 is 0 Å². The van der Waals surface area contributed by atoms with Gasteiger partial charge in [0.2, 0.25) is 0 Å². The highest BCUT2D eigenvalue weighted by atomic mass is 16.7. The van der Waals surface area contributed by atoms with Gasteiger partial charge in [0.05, 0.1) is 16.9 Å². The summed E-state index contributed by atoms with van der Waals surface area (Å²) in [5.41, 5.74) is 1.18. The van der Waals surface area contributed by atoms with Gasteiger partial charge in [-0.3, -0.25) is 4.98 Å². The summed E-state index contributed by atoms with van der Waals surface area (Å²) in [7, 11) is -0.353. The number of ether oxygens (including phenoxy) is 1. The molecule has 1 fully saturated rings. The van der Waals surface area contributed by atoms with Crippen LogP contribution in [0.15, 0.2) is 42.6 Å². The molecule has 4 nitrogen and oxygen atoms in total. The number of rotatable bonds is 3. The Kier molecular flexibility index (Phi) is 3.94. The lowest BCUT2D eigenvalue weighted by Crippen LogP contribution is -2.41. The zero-order chi connectivity index (χ0) is 16.7. The Balaban J connectivity index is 1.75. The van der Waals surface area contributed by atoms with Crippen LogP contribution < -0.4 is 10.2 Å². The van der Waals surface area contributed by atoms with Gasteiger partial charge in [-0.1, -0.05) is 12.1 Å². The third-order valence-electron chi connectivity index (χ3n) is 4.59. The van der Waals surface area contributed by atoms with Crippen LogP contribution >= 0.6 is 0 Å². The standard InChI is InChI=1S/C18H22BNO3/c1-13-16(7-6-12-20-13)21-15-10-8-14(9-11-15)19-22-17(2,3)18(4,5)23-19/h6-12H,1-5H3. The predicted molar refractivity (Wildman–Crippen MR) is 91.2 cm³/mol. The lowest BCUT2D eigenvalue weighted by molar-refractivity contribution is 0.00578. The molecule has 1 aromatic carbocycles. The SMILES string of the molecule is Cc1ncccc1Oc1ccc(B2OC(C)(C)C(C)(C)O2)cc1. The maximum absolute atomic E-state index is 6.05. The topological polar surface area (TPSA) is 40.6 Å². The summed E-state index contributed by atoms with van der Waals surface area (Å²) in [5, 5.41) is 0. The quantitative estimate of drug-likeness (QED) is 0.814. The molecule has 1 aromatic heterocycles. The van der Waals surface area contributed by atoms with E-state index in [0.29, 0.717) is 0 Å². The Morgan fingerprint density at radius 1 is 0.957 bits per heavy atom. The minimum Gasteiger partial charge on any atom is -0.455 e. The molecule has 2 heterocycles. The number of benzene rings is 1. The van der Waals surface area contributed by atoms with E-state index >= 15 is 0 Å². The Labute approximate surface area is 137 Å². The molecule has 0 saturated carbocycles. The number of nitrogens with zero attached hydrogens (tertiary/aromatic N) is 1. The van der Waals surface area contributed by atoms with Gasteiger partial charge in [-0.2, -0.15) is 0 Å². The highest BCUT2D eigenvalue weighted by molar-refractivity contribution is 6.62. The Morgan fingerprint density at radius 2 is 1.57 bits per heavy atom. The van der Waals surface area contributed by atoms with Crippen molar-refractivity contribution in [1.82, 2.24) is 4.98 Å². The molecule has 120 valence electrons. The Morgan fingerprint density at radius 3 is 2.13 bits per heavy atom. The fraction of sp³-hybridized carbons (Fsp3) is 0.389. The van der Waals surface area contributed by atoms with Crippen molar-refractivity contribution in [1.29, 1.82) is 0 Å². The molecule has 0 atom stereocenters. The molecule has 1 aliphatic rings. The summed E-state index contributed by atoms with van der Waals surface area (Å²) in [5.74, 6) is 1.53. The van der Waals surface area contributed by atoms with Crippen LogP contribution in [0.25, 0.3) is 0 Å². The van der Waals surface area contributed by atoms with E-state index in [1.165, 1.54) is 0 Å². The fourth-order valence-electron chi connectivity index (χ4n) is 2.38. The average Bonchev–Trinajstić information content (AvgIpc) is 2.71. The molecule has 2 aromatic rings. The maximum atomic E-state index is 6.05. The highest BCUT2D eigenvalue weighted by Crippen LogP contribution is 2.36. The minimum atomic E-state index is -0.353. The van der Waals surface area contributed by atoms with E-state index in [4.69, 9.17) is 14.0 Å². The first-order chi connectivity index (χ1) is 10.8. The molecular weight excluding hydrogens is 289 g/mol. The van der Waals surface area contributed by atoms with E-state index in [9.17, 15) is 0 Å². The lowest BCUT2D eigenvalue weighted by atomic mass is 9.79. The van der Waals surface area contributed by atoms with Gasteiger partial charge >= 0.3 is 7.12 Å². The third-order valence-corrected chi connectivity index (χ3v) is 4.59. The van der Waals surface area contributed by atoms with Crippen molar-refractivity contribution >= 4 is 12.6 Å². The van der Waals surface area contributed by atoms with Crippen molar-refractivity contribution in [3.8, 4) is 11.5 Å². The normalized spacial score (nSPS) is 18.9. The molecule has 23 heavy (non-hydrogen) atoms. The third kappa shape index (κ3) is 3.12. The molecular formula is C18H22BNO3. The lowest BCUT2D eigenvalue weighted by Gasteiger charge is -2.32. The molecule has 0 unspecified atom stereocenters. The number of aromatic nitrogens is 1. The van der Waals surface area contributed by atoms with Crippen molar-refractivity contribution in [3.05, 3.63) is 48.3 Å². The largest absolute Gasteiger partial charge is 0.494 e. The summed E-state index contributed by atoms with van der Waals surface area (Å²) in [6.07, 6.45) is 1.75. The summed E-state index contributed by atoms with van der Waals surface area (Å²) in [4.78, 5) is 4.22. The molecule has 0 N–H and O–H groups in total. The fourth-order valence-corrected chi connectivity index (χ4v) is 2.38. The number of hydrogen-bond donors (Lipinski definition) is 0. The molecule has 3 rings (SSSR count). The van der Waals surface area contributed by atoms with E-state index in [2.05, 4.69) is 32.7 Å². The second-order valence-corrected chi connectivity index (χ2v) is 6.85. The zero-order valence-electron chi connectivity index (χ0n) is 14.3. The maximum Gasteiger partial charge on any atom is 0.494 e.